The average Bonchev–Trinajstić information content (AvgIpc) is 2.54. The second kappa shape index (κ2) is 41.3. The Morgan fingerprint density at radius 2 is 0.815 bits per heavy atom. The van der Waals surface area contributed by atoms with Gasteiger partial charge in [-0.3, -0.25) is 0 Å². The van der Waals surface area contributed by atoms with Gasteiger partial charge in [0.2, 0.25) is 0 Å². The molecule has 0 aliphatic carbocycles. The van der Waals surface area contributed by atoms with E-state index < -0.39 is 0 Å². The van der Waals surface area contributed by atoms with E-state index in [9.17, 15) is 0 Å². The predicted octanol–water partition coefficient (Wildman–Crippen LogP) is 6.69. The van der Waals surface area contributed by atoms with Gasteiger partial charge in [0.05, 0.1) is 0 Å². The van der Waals surface area contributed by atoms with E-state index in [1.807, 2.05) is 0 Å². The molecule has 7 heteroatoms. The third-order valence-electron chi connectivity index (χ3n) is 3.21. The third kappa shape index (κ3) is 100. The summed E-state index contributed by atoms with van der Waals surface area (Å²) in [5.41, 5.74) is 9.31. The van der Waals surface area contributed by atoms with Gasteiger partial charge in [0, 0.05) is 0 Å². The van der Waals surface area contributed by atoms with Crippen LogP contribution in [0.15, 0.2) is 0 Å². The fourth-order valence-corrected chi connectivity index (χ4v) is 1.91. The van der Waals surface area contributed by atoms with Crippen molar-refractivity contribution < 1.29 is 21.1 Å². The maximum Gasteiger partial charge on any atom is 4.00 e. The van der Waals surface area contributed by atoms with Crippen molar-refractivity contribution in [3.8, 4) is 0 Å². The first-order valence-corrected chi connectivity index (χ1v) is 11.4. The Labute approximate surface area is 207 Å². The smallest absolute Gasteiger partial charge is 0.415 e. The van der Waals surface area contributed by atoms with E-state index in [0.29, 0.717) is 0 Å². The van der Waals surface area contributed by atoms with Crippen LogP contribution in [0, 0.1) is 13.8 Å². The van der Waals surface area contributed by atoms with Crippen molar-refractivity contribution in [2.75, 3.05) is 0 Å². The van der Waals surface area contributed by atoms with Gasteiger partial charge in [-0.2, -0.15) is 12.8 Å². The molecule has 0 saturated carbocycles. The van der Waals surface area contributed by atoms with Gasteiger partial charge in [-0.05, 0) is 0 Å². The molecule has 0 heterocycles. The molecular formula is C20H42MoN2S4. The molecule has 2 nitrogen and oxygen atoms in total. The molecule has 162 valence electrons. The van der Waals surface area contributed by atoms with Crippen molar-refractivity contribution in [2.45, 2.75) is 104 Å². The Kier molecular flexibility index (Phi) is 58.9. The van der Waals surface area contributed by atoms with E-state index in [1.165, 1.54) is 77.0 Å². The van der Waals surface area contributed by atoms with Crippen molar-refractivity contribution in [3.05, 3.63) is 13.8 Å². The molecular weight excluding hydrogens is 492 g/mol. The van der Waals surface area contributed by atoms with Crippen LogP contribution in [0.3, 0.4) is 0 Å². The number of rotatable bonds is 12. The van der Waals surface area contributed by atoms with Crippen molar-refractivity contribution >= 4 is 58.3 Å². The van der Waals surface area contributed by atoms with Crippen LogP contribution in [0.25, 0.3) is 0 Å². The Bertz CT molecular complexity index is 222. The van der Waals surface area contributed by atoms with Gasteiger partial charge in [0.25, 0.3) is 0 Å². The molecule has 0 spiro atoms. The summed E-state index contributed by atoms with van der Waals surface area (Å²) in [7, 11) is 0. The first kappa shape index (κ1) is 38.5. The van der Waals surface area contributed by atoms with Gasteiger partial charge in [0.15, 0.2) is 0 Å². The molecule has 0 aliphatic rings. The van der Waals surface area contributed by atoms with Crippen LogP contribution >= 0.6 is 24.4 Å². The zero-order valence-electron chi connectivity index (χ0n) is 17.5. The molecule has 0 fully saturated rings. The van der Waals surface area contributed by atoms with E-state index in [1.54, 1.807) is 0 Å². The van der Waals surface area contributed by atoms with Gasteiger partial charge in [-0.25, -0.2) is 0 Å². The van der Waals surface area contributed by atoms with Crippen LogP contribution in [0.4, 0.5) is 0 Å². The Balaban J connectivity index is -0.0000000843. The zero-order chi connectivity index (χ0) is 21.1. The fraction of sp³-hybridized carbons (Fsp3) is 0.800. The van der Waals surface area contributed by atoms with Crippen LogP contribution in [-0.4, -0.2) is 8.64 Å². The molecule has 0 radical (unpaired) electrons. The van der Waals surface area contributed by atoms with Crippen molar-refractivity contribution in [1.29, 1.82) is 0 Å². The van der Waals surface area contributed by atoms with Crippen LogP contribution in [0.5, 0.6) is 0 Å². The first-order chi connectivity index (χ1) is 12.3. The average molecular weight is 535 g/mol. The molecule has 0 aromatic heterocycles. The fourth-order valence-electron chi connectivity index (χ4n) is 1.91. The summed E-state index contributed by atoms with van der Waals surface area (Å²) in [6.45, 7) is 12.1. The van der Waals surface area contributed by atoms with E-state index in [2.05, 4.69) is 88.9 Å². The number of hydrogen-bond acceptors (Lipinski definition) is 4. The van der Waals surface area contributed by atoms with E-state index in [0.717, 1.165) is 12.8 Å². The van der Waals surface area contributed by atoms with Crippen molar-refractivity contribution in [2.24, 2.45) is 11.5 Å². The minimum atomic E-state index is 0. The van der Waals surface area contributed by atoms with E-state index in [-0.39, 0.29) is 29.7 Å². The molecule has 0 atom stereocenters. The molecule has 0 aromatic carbocycles. The normalized spacial score (nSPS) is 8.44. The Morgan fingerprint density at radius 1 is 0.630 bits per heavy atom. The molecule has 0 aliphatic heterocycles. The second-order valence-electron chi connectivity index (χ2n) is 5.88. The van der Waals surface area contributed by atoms with Gasteiger partial charge in [-0.15, -0.1) is 0 Å². The topological polar surface area (TPSA) is 52.0 Å². The minimum Gasteiger partial charge on any atom is -0.415 e. The maximum absolute atomic E-state index is 4.66. The molecule has 0 unspecified atom stereocenters. The molecule has 0 amide bonds. The predicted molar refractivity (Wildman–Crippen MR) is 135 cm³/mol. The third-order valence-corrected chi connectivity index (χ3v) is 3.21. The standard InChI is InChI=1S/2C9H19.2CH3NS2.Mo/c2*1-3-5-7-9-8-6-4-2;2*2-1(3)4;/h2*1,3-9H2,2H3;2*(H3,2,3,4);/q2*-1;;;+4/p-2. The monoisotopic (exact) mass is 536 g/mol. The second-order valence-corrected chi connectivity index (χ2v) is 8.16. The quantitative estimate of drug-likeness (QED) is 0.0956. The summed E-state index contributed by atoms with van der Waals surface area (Å²) < 4.78 is 0.167. The molecule has 0 rings (SSSR count). The SMILES string of the molecule is NC(=S)[S-].NC(=S)[S-].[CH2-]CCCCCCCC.[CH2-]CCCCCCCC.[Mo+4]. The molecule has 0 saturated heterocycles. The summed E-state index contributed by atoms with van der Waals surface area (Å²) in [6, 6.07) is 0. The van der Waals surface area contributed by atoms with Crippen LogP contribution in [-0.2, 0) is 46.3 Å². The molecule has 4 N–H and O–H groups in total. The summed E-state index contributed by atoms with van der Waals surface area (Å²) in [4.78, 5) is 0. The number of nitrogens with two attached hydrogens (primary N) is 2. The molecule has 27 heavy (non-hydrogen) atoms. The summed E-state index contributed by atoms with van der Waals surface area (Å²) in [6.07, 6.45) is 18.9. The van der Waals surface area contributed by atoms with Crippen molar-refractivity contribution in [1.82, 2.24) is 0 Å². The maximum atomic E-state index is 4.66. The Hall–Kier alpha value is 0.908. The van der Waals surface area contributed by atoms with Crippen LogP contribution in [0.1, 0.15) is 104 Å². The van der Waals surface area contributed by atoms with Gasteiger partial charge >= 0.3 is 21.1 Å². The Morgan fingerprint density at radius 3 is 1.00 bits per heavy atom. The first-order valence-electron chi connectivity index (χ1n) is 9.81. The molecule has 0 aromatic rings. The summed E-state index contributed by atoms with van der Waals surface area (Å²) in [5, 5.41) is 0. The number of thiocarbonyl (C=S) groups is 2. The van der Waals surface area contributed by atoms with Crippen molar-refractivity contribution in [3.63, 3.8) is 0 Å². The van der Waals surface area contributed by atoms with Gasteiger partial charge in [0.1, 0.15) is 0 Å². The minimum absolute atomic E-state index is 0. The van der Waals surface area contributed by atoms with Gasteiger partial charge in [-0.1, -0.05) is 99.5 Å². The molecule has 0 bridgehead atoms. The van der Waals surface area contributed by atoms with E-state index in [4.69, 9.17) is 0 Å². The summed E-state index contributed by atoms with van der Waals surface area (Å²) >= 11 is 16.5. The summed E-state index contributed by atoms with van der Waals surface area (Å²) in [5.74, 6) is 0. The largest absolute Gasteiger partial charge is 4.00 e. The number of hydrogen-bond donors (Lipinski definition) is 2. The van der Waals surface area contributed by atoms with Crippen LogP contribution < -0.4 is 11.5 Å². The number of unbranched alkanes of at least 4 members (excludes halogenated alkanes) is 12. The van der Waals surface area contributed by atoms with E-state index >= 15 is 0 Å². The zero-order valence-corrected chi connectivity index (χ0v) is 22.8. The van der Waals surface area contributed by atoms with Gasteiger partial charge < -0.3 is 75.0 Å². The van der Waals surface area contributed by atoms with Crippen LogP contribution in [0.2, 0.25) is 0 Å².